The Kier molecular flexibility index (Phi) is 6.88. The molecule has 0 heterocycles. The Balaban J connectivity index is 1.27. The van der Waals surface area contributed by atoms with Crippen molar-refractivity contribution in [1.82, 2.24) is 0 Å². The van der Waals surface area contributed by atoms with Crippen LogP contribution in [0.2, 0.25) is 0 Å². The maximum Gasteiger partial charge on any atom is 0.0540 e. The van der Waals surface area contributed by atoms with Crippen molar-refractivity contribution in [2.45, 2.75) is 19.3 Å². The number of benzene rings is 7. The summed E-state index contributed by atoms with van der Waals surface area (Å²) in [6.07, 6.45) is 0. The Morgan fingerprint density at radius 2 is 0.804 bits per heavy atom. The summed E-state index contributed by atoms with van der Waals surface area (Å²) in [5.74, 6) is 0. The summed E-state index contributed by atoms with van der Waals surface area (Å²) in [7, 11) is 0. The molecule has 220 valence electrons. The second-order valence-electron chi connectivity index (χ2n) is 12.6. The molecule has 46 heavy (non-hydrogen) atoms. The smallest absolute Gasteiger partial charge is 0.0540 e. The van der Waals surface area contributed by atoms with Crippen molar-refractivity contribution in [3.8, 4) is 44.5 Å². The molecule has 0 bridgehead atoms. The van der Waals surface area contributed by atoms with E-state index in [1.54, 1.807) is 0 Å². The molecule has 0 aromatic heterocycles. The van der Waals surface area contributed by atoms with E-state index in [2.05, 4.69) is 195 Å². The molecule has 1 aliphatic carbocycles. The number of hydrogen-bond acceptors (Lipinski definition) is 1. The molecular formula is C45H35N. The summed E-state index contributed by atoms with van der Waals surface area (Å²) < 4.78 is 0. The van der Waals surface area contributed by atoms with Crippen molar-refractivity contribution in [1.29, 1.82) is 0 Å². The molecule has 0 fully saturated rings. The van der Waals surface area contributed by atoms with Crippen LogP contribution in [0.25, 0.3) is 44.5 Å². The van der Waals surface area contributed by atoms with Crippen LogP contribution in [0.1, 0.15) is 25.0 Å². The molecular weight excluding hydrogens is 555 g/mol. The molecule has 0 atom stereocenters. The van der Waals surface area contributed by atoms with E-state index in [4.69, 9.17) is 0 Å². The summed E-state index contributed by atoms with van der Waals surface area (Å²) >= 11 is 0. The minimum absolute atomic E-state index is 0.146. The molecule has 0 N–H and O–H groups in total. The van der Waals surface area contributed by atoms with E-state index in [1.807, 2.05) is 0 Å². The topological polar surface area (TPSA) is 3.24 Å². The quantitative estimate of drug-likeness (QED) is 0.186. The van der Waals surface area contributed by atoms with Crippen LogP contribution < -0.4 is 4.90 Å². The highest BCUT2D eigenvalue weighted by molar-refractivity contribution is 5.91. The van der Waals surface area contributed by atoms with Gasteiger partial charge in [-0.1, -0.05) is 153 Å². The zero-order chi connectivity index (χ0) is 31.1. The molecule has 0 saturated carbocycles. The molecule has 0 unspecified atom stereocenters. The molecule has 1 heteroatoms. The number of fused-ring (bicyclic) bond motifs is 3. The van der Waals surface area contributed by atoms with E-state index in [9.17, 15) is 0 Å². The molecule has 1 nitrogen and oxygen atoms in total. The Morgan fingerprint density at radius 1 is 0.348 bits per heavy atom. The first kappa shape index (κ1) is 27.9. The standard InChI is InChI=1S/C45H35N/c1-45(2)42-30-36(33-16-8-4-9-17-33)24-28-40(42)41-29-27-38(31-43(41)45)46(37-25-22-34(23-26-37)32-14-6-3-7-15-32)44-21-13-12-20-39(44)35-18-10-5-11-19-35/h3-31H,1-2H3. The summed E-state index contributed by atoms with van der Waals surface area (Å²) in [5.41, 5.74) is 16.0. The van der Waals surface area contributed by atoms with Crippen LogP contribution in [-0.4, -0.2) is 0 Å². The average molecular weight is 590 g/mol. The van der Waals surface area contributed by atoms with Crippen LogP contribution in [0, 0.1) is 0 Å². The van der Waals surface area contributed by atoms with Crippen molar-refractivity contribution >= 4 is 17.1 Å². The number of hydrogen-bond donors (Lipinski definition) is 0. The third-order valence-electron chi connectivity index (χ3n) is 9.49. The summed E-state index contributed by atoms with van der Waals surface area (Å²) in [6, 6.07) is 63.7. The van der Waals surface area contributed by atoms with Crippen molar-refractivity contribution < 1.29 is 0 Å². The molecule has 0 radical (unpaired) electrons. The predicted molar refractivity (Wildman–Crippen MR) is 195 cm³/mol. The first-order valence-electron chi connectivity index (χ1n) is 16.0. The van der Waals surface area contributed by atoms with Gasteiger partial charge in [-0.2, -0.15) is 0 Å². The second kappa shape index (κ2) is 11.4. The third-order valence-corrected chi connectivity index (χ3v) is 9.49. The zero-order valence-corrected chi connectivity index (χ0v) is 26.2. The number of para-hydroxylation sites is 1. The van der Waals surface area contributed by atoms with E-state index >= 15 is 0 Å². The molecule has 0 saturated heterocycles. The number of rotatable bonds is 6. The minimum atomic E-state index is -0.146. The summed E-state index contributed by atoms with van der Waals surface area (Å²) in [6.45, 7) is 4.74. The molecule has 0 aliphatic heterocycles. The summed E-state index contributed by atoms with van der Waals surface area (Å²) in [5, 5.41) is 0. The van der Waals surface area contributed by atoms with E-state index in [0.717, 1.165) is 17.1 Å². The molecule has 0 spiro atoms. The average Bonchev–Trinajstić information content (AvgIpc) is 3.35. The minimum Gasteiger partial charge on any atom is -0.310 e. The van der Waals surface area contributed by atoms with E-state index in [0.29, 0.717) is 0 Å². The van der Waals surface area contributed by atoms with Crippen LogP contribution in [0.4, 0.5) is 17.1 Å². The SMILES string of the molecule is CC1(C)c2cc(-c3ccccc3)ccc2-c2ccc(N(c3ccc(-c4ccccc4)cc3)c3ccccc3-c3ccccc3)cc21. The van der Waals surface area contributed by atoms with Gasteiger partial charge in [0, 0.05) is 22.4 Å². The Bertz CT molecular complexity index is 2140. The van der Waals surface area contributed by atoms with Gasteiger partial charge in [-0.05, 0) is 86.5 Å². The lowest BCUT2D eigenvalue weighted by Crippen LogP contribution is -2.17. The van der Waals surface area contributed by atoms with Crippen molar-refractivity contribution in [2.24, 2.45) is 0 Å². The first-order chi connectivity index (χ1) is 22.6. The fourth-order valence-corrected chi connectivity index (χ4v) is 7.07. The number of nitrogens with zero attached hydrogens (tertiary/aromatic N) is 1. The highest BCUT2D eigenvalue weighted by Crippen LogP contribution is 2.52. The van der Waals surface area contributed by atoms with Crippen LogP contribution in [0.5, 0.6) is 0 Å². The van der Waals surface area contributed by atoms with Gasteiger partial charge in [0.1, 0.15) is 0 Å². The second-order valence-corrected chi connectivity index (χ2v) is 12.6. The van der Waals surface area contributed by atoms with Gasteiger partial charge >= 0.3 is 0 Å². The van der Waals surface area contributed by atoms with E-state index in [1.165, 1.54) is 55.6 Å². The van der Waals surface area contributed by atoms with Crippen molar-refractivity contribution in [3.05, 3.63) is 187 Å². The fourth-order valence-electron chi connectivity index (χ4n) is 7.07. The normalized spacial score (nSPS) is 12.7. The Morgan fingerprint density at radius 3 is 1.46 bits per heavy atom. The van der Waals surface area contributed by atoms with Gasteiger partial charge in [-0.25, -0.2) is 0 Å². The molecule has 0 amide bonds. The van der Waals surface area contributed by atoms with Gasteiger partial charge in [0.05, 0.1) is 5.69 Å². The monoisotopic (exact) mass is 589 g/mol. The Hall–Kier alpha value is -5.66. The molecule has 1 aliphatic rings. The van der Waals surface area contributed by atoms with E-state index < -0.39 is 0 Å². The summed E-state index contributed by atoms with van der Waals surface area (Å²) in [4.78, 5) is 2.42. The lowest BCUT2D eigenvalue weighted by atomic mass is 9.81. The van der Waals surface area contributed by atoms with Gasteiger partial charge in [0.2, 0.25) is 0 Å². The van der Waals surface area contributed by atoms with Gasteiger partial charge in [-0.15, -0.1) is 0 Å². The first-order valence-corrected chi connectivity index (χ1v) is 16.0. The van der Waals surface area contributed by atoms with Crippen LogP contribution in [0.3, 0.4) is 0 Å². The van der Waals surface area contributed by atoms with Crippen LogP contribution >= 0.6 is 0 Å². The lowest BCUT2D eigenvalue weighted by molar-refractivity contribution is 0.660. The van der Waals surface area contributed by atoms with Gasteiger partial charge in [0.25, 0.3) is 0 Å². The largest absolute Gasteiger partial charge is 0.310 e. The lowest BCUT2D eigenvalue weighted by Gasteiger charge is -2.30. The van der Waals surface area contributed by atoms with E-state index in [-0.39, 0.29) is 5.41 Å². The molecule has 7 aromatic carbocycles. The van der Waals surface area contributed by atoms with Gasteiger partial charge in [0.15, 0.2) is 0 Å². The predicted octanol–water partition coefficient (Wildman–Crippen LogP) is 12.5. The molecule has 7 aromatic rings. The maximum atomic E-state index is 2.42. The van der Waals surface area contributed by atoms with Crippen molar-refractivity contribution in [3.63, 3.8) is 0 Å². The van der Waals surface area contributed by atoms with Crippen LogP contribution in [0.15, 0.2) is 176 Å². The maximum absolute atomic E-state index is 2.42. The molecule has 8 rings (SSSR count). The van der Waals surface area contributed by atoms with Gasteiger partial charge < -0.3 is 4.90 Å². The zero-order valence-electron chi connectivity index (χ0n) is 26.2. The Labute approximate surface area is 272 Å². The van der Waals surface area contributed by atoms with Gasteiger partial charge in [-0.3, -0.25) is 0 Å². The van der Waals surface area contributed by atoms with Crippen molar-refractivity contribution in [2.75, 3.05) is 4.90 Å². The third kappa shape index (κ3) is 4.82. The number of anilines is 3. The highest BCUT2D eigenvalue weighted by Gasteiger charge is 2.36. The van der Waals surface area contributed by atoms with Crippen LogP contribution in [-0.2, 0) is 5.41 Å². The fraction of sp³-hybridized carbons (Fsp3) is 0.0667. The highest BCUT2D eigenvalue weighted by atomic mass is 15.1.